The number of H-pyrrole nitrogens is 1. The minimum absolute atomic E-state index is 0.156. The molecule has 0 fully saturated rings. The van der Waals surface area contributed by atoms with Crippen LogP contribution in [0.1, 0.15) is 34.5 Å². The van der Waals surface area contributed by atoms with Crippen molar-refractivity contribution in [2.75, 3.05) is 12.4 Å². The van der Waals surface area contributed by atoms with Crippen LogP contribution in [0.3, 0.4) is 0 Å². The molecule has 0 radical (unpaired) electrons. The van der Waals surface area contributed by atoms with E-state index >= 15 is 0 Å². The summed E-state index contributed by atoms with van der Waals surface area (Å²) >= 11 is 0. The van der Waals surface area contributed by atoms with Gasteiger partial charge in [0, 0.05) is 29.2 Å². The average molecular weight is 298 g/mol. The van der Waals surface area contributed by atoms with E-state index in [1.165, 1.54) is 6.20 Å². The number of fused-ring (bicyclic) bond motifs is 1. The fraction of sp³-hybridized carbons (Fsp3) is 0.294. The lowest BCUT2D eigenvalue weighted by molar-refractivity contribution is 0.102. The van der Waals surface area contributed by atoms with Crippen molar-refractivity contribution in [1.82, 2.24) is 4.98 Å². The van der Waals surface area contributed by atoms with Gasteiger partial charge in [0.15, 0.2) is 5.43 Å². The third-order valence-electron chi connectivity index (χ3n) is 3.95. The zero-order valence-electron chi connectivity index (χ0n) is 12.4. The lowest BCUT2D eigenvalue weighted by atomic mass is 9.94. The molecule has 0 spiro atoms. The Morgan fingerprint density at radius 2 is 2.09 bits per heavy atom. The minimum atomic E-state index is -0.400. The van der Waals surface area contributed by atoms with Crippen molar-refractivity contribution >= 4 is 11.6 Å². The maximum Gasteiger partial charge on any atom is 0.261 e. The number of carbonyl (C=O) groups excluding carboxylic acids is 1. The Bertz CT molecular complexity index is 765. The molecule has 5 heteroatoms. The molecule has 0 atom stereocenters. The number of pyridine rings is 1. The van der Waals surface area contributed by atoms with Crippen LogP contribution in [0.5, 0.6) is 5.75 Å². The van der Waals surface area contributed by atoms with E-state index < -0.39 is 5.91 Å². The van der Waals surface area contributed by atoms with Gasteiger partial charge in [-0.05, 0) is 37.8 Å². The molecule has 1 amide bonds. The molecule has 1 aliphatic carbocycles. The van der Waals surface area contributed by atoms with Gasteiger partial charge in [0.05, 0.1) is 7.11 Å². The van der Waals surface area contributed by atoms with Crippen molar-refractivity contribution in [3.05, 3.63) is 57.5 Å². The highest BCUT2D eigenvalue weighted by Gasteiger charge is 2.19. The lowest BCUT2D eigenvalue weighted by Gasteiger charge is -2.15. The molecule has 114 valence electrons. The van der Waals surface area contributed by atoms with Gasteiger partial charge in [-0.2, -0.15) is 0 Å². The van der Waals surface area contributed by atoms with Gasteiger partial charge in [0.25, 0.3) is 5.91 Å². The SMILES string of the molecule is COc1cccc(NC(=O)c2c[nH]c3c(c2=O)CCCC3)c1. The first-order chi connectivity index (χ1) is 10.7. The standard InChI is InChI=1S/C17H18N2O3/c1-22-12-6-4-5-11(9-12)19-17(21)14-10-18-15-8-3-2-7-13(15)16(14)20/h4-6,9-10H,2-3,7-8H2,1H3,(H,18,20)(H,19,21). The molecule has 1 heterocycles. The summed E-state index contributed by atoms with van der Waals surface area (Å²) in [6.07, 6.45) is 5.21. The Balaban J connectivity index is 1.87. The number of rotatable bonds is 3. The number of nitrogens with one attached hydrogen (secondary N) is 2. The lowest BCUT2D eigenvalue weighted by Crippen LogP contribution is -2.27. The van der Waals surface area contributed by atoms with E-state index in [0.29, 0.717) is 11.4 Å². The second-order valence-corrected chi connectivity index (χ2v) is 5.38. The van der Waals surface area contributed by atoms with Gasteiger partial charge in [0.1, 0.15) is 11.3 Å². The van der Waals surface area contributed by atoms with E-state index in [1.807, 2.05) is 0 Å². The number of anilines is 1. The predicted molar refractivity (Wildman–Crippen MR) is 84.7 cm³/mol. The molecular weight excluding hydrogens is 280 g/mol. The third-order valence-corrected chi connectivity index (χ3v) is 3.95. The minimum Gasteiger partial charge on any atom is -0.497 e. The summed E-state index contributed by atoms with van der Waals surface area (Å²) in [7, 11) is 1.56. The number of amides is 1. The molecule has 0 saturated carbocycles. The molecular formula is C17H18N2O3. The molecule has 0 unspecified atom stereocenters. The summed E-state index contributed by atoms with van der Waals surface area (Å²) in [5, 5.41) is 2.74. The monoisotopic (exact) mass is 298 g/mol. The molecule has 0 bridgehead atoms. The Morgan fingerprint density at radius 3 is 2.91 bits per heavy atom. The van der Waals surface area contributed by atoms with Gasteiger partial charge in [-0.25, -0.2) is 0 Å². The molecule has 1 aromatic heterocycles. The maximum atomic E-state index is 12.5. The summed E-state index contributed by atoms with van der Waals surface area (Å²) in [4.78, 5) is 27.9. The molecule has 22 heavy (non-hydrogen) atoms. The zero-order valence-corrected chi connectivity index (χ0v) is 12.4. The van der Waals surface area contributed by atoms with Crippen LogP contribution in [0.2, 0.25) is 0 Å². The quantitative estimate of drug-likeness (QED) is 0.914. The van der Waals surface area contributed by atoms with Crippen LogP contribution in [0, 0.1) is 0 Å². The van der Waals surface area contributed by atoms with Crippen LogP contribution in [-0.4, -0.2) is 18.0 Å². The number of hydrogen-bond acceptors (Lipinski definition) is 3. The number of ether oxygens (including phenoxy) is 1. The molecule has 1 aromatic carbocycles. The van der Waals surface area contributed by atoms with Crippen molar-refractivity contribution in [3.8, 4) is 5.75 Å². The zero-order chi connectivity index (χ0) is 15.5. The summed E-state index contributed by atoms with van der Waals surface area (Å²) in [6, 6.07) is 7.05. The van der Waals surface area contributed by atoms with Gasteiger partial charge in [-0.15, -0.1) is 0 Å². The number of methoxy groups -OCH3 is 1. The normalized spacial score (nSPS) is 13.3. The van der Waals surface area contributed by atoms with Gasteiger partial charge in [0.2, 0.25) is 0 Å². The highest BCUT2D eigenvalue weighted by atomic mass is 16.5. The van der Waals surface area contributed by atoms with Crippen molar-refractivity contribution < 1.29 is 9.53 Å². The molecule has 3 rings (SSSR count). The molecule has 1 aliphatic rings. The Morgan fingerprint density at radius 1 is 1.27 bits per heavy atom. The van der Waals surface area contributed by atoms with Crippen molar-refractivity contribution in [1.29, 1.82) is 0 Å². The van der Waals surface area contributed by atoms with E-state index in [4.69, 9.17) is 4.74 Å². The first-order valence-corrected chi connectivity index (χ1v) is 7.38. The number of hydrogen-bond donors (Lipinski definition) is 2. The molecule has 0 saturated heterocycles. The second kappa shape index (κ2) is 6.05. The fourth-order valence-corrected chi connectivity index (χ4v) is 2.77. The van der Waals surface area contributed by atoms with Gasteiger partial charge < -0.3 is 15.0 Å². The molecule has 0 aliphatic heterocycles. The number of aryl methyl sites for hydroxylation is 1. The van der Waals surface area contributed by atoms with Gasteiger partial charge in [-0.1, -0.05) is 6.07 Å². The Kier molecular flexibility index (Phi) is 3.96. The van der Waals surface area contributed by atoms with E-state index in [9.17, 15) is 9.59 Å². The summed E-state index contributed by atoms with van der Waals surface area (Å²) in [5.74, 6) is 0.250. The van der Waals surface area contributed by atoms with E-state index in [-0.39, 0.29) is 11.0 Å². The highest BCUT2D eigenvalue weighted by Crippen LogP contribution is 2.19. The maximum absolute atomic E-state index is 12.5. The third kappa shape index (κ3) is 2.74. The number of carbonyl (C=O) groups is 1. The van der Waals surface area contributed by atoms with Gasteiger partial charge >= 0.3 is 0 Å². The highest BCUT2D eigenvalue weighted by molar-refractivity contribution is 6.04. The Hall–Kier alpha value is -2.56. The van der Waals surface area contributed by atoms with Crippen molar-refractivity contribution in [2.45, 2.75) is 25.7 Å². The molecule has 2 N–H and O–H groups in total. The van der Waals surface area contributed by atoms with E-state index in [2.05, 4.69) is 10.3 Å². The van der Waals surface area contributed by atoms with Gasteiger partial charge in [-0.3, -0.25) is 9.59 Å². The first kappa shape index (κ1) is 14.4. The fourth-order valence-electron chi connectivity index (χ4n) is 2.77. The van der Waals surface area contributed by atoms with Crippen LogP contribution in [0.15, 0.2) is 35.3 Å². The molecule has 5 nitrogen and oxygen atoms in total. The average Bonchev–Trinajstić information content (AvgIpc) is 2.55. The van der Waals surface area contributed by atoms with Crippen LogP contribution < -0.4 is 15.5 Å². The summed E-state index contributed by atoms with van der Waals surface area (Å²) < 4.78 is 5.12. The first-order valence-electron chi connectivity index (χ1n) is 7.38. The summed E-state index contributed by atoms with van der Waals surface area (Å²) in [5.41, 5.74) is 2.32. The Labute approximate surface area is 128 Å². The topological polar surface area (TPSA) is 71.2 Å². The van der Waals surface area contributed by atoms with Crippen LogP contribution in [-0.2, 0) is 12.8 Å². The van der Waals surface area contributed by atoms with Crippen LogP contribution >= 0.6 is 0 Å². The summed E-state index contributed by atoms with van der Waals surface area (Å²) in [6.45, 7) is 0. The largest absolute Gasteiger partial charge is 0.497 e. The number of aromatic amines is 1. The van der Waals surface area contributed by atoms with Crippen LogP contribution in [0.4, 0.5) is 5.69 Å². The molecule has 2 aromatic rings. The second-order valence-electron chi connectivity index (χ2n) is 5.38. The van der Waals surface area contributed by atoms with E-state index in [1.54, 1.807) is 31.4 Å². The predicted octanol–water partition coefficient (Wildman–Crippen LogP) is 2.51. The van der Waals surface area contributed by atoms with Crippen molar-refractivity contribution in [3.63, 3.8) is 0 Å². The van der Waals surface area contributed by atoms with Crippen molar-refractivity contribution in [2.24, 2.45) is 0 Å². The number of benzene rings is 1. The smallest absolute Gasteiger partial charge is 0.261 e. The van der Waals surface area contributed by atoms with Crippen LogP contribution in [0.25, 0.3) is 0 Å². The number of aromatic nitrogens is 1. The van der Waals surface area contributed by atoms with E-state index in [0.717, 1.165) is 36.9 Å².